The summed E-state index contributed by atoms with van der Waals surface area (Å²) in [6.45, 7) is 4.23. The average Bonchev–Trinajstić information content (AvgIpc) is 2.65. The van der Waals surface area contributed by atoms with Gasteiger partial charge in [0.1, 0.15) is 0 Å². The molecule has 0 radical (unpaired) electrons. The summed E-state index contributed by atoms with van der Waals surface area (Å²) in [6.07, 6.45) is 4.97. The highest BCUT2D eigenvalue weighted by Gasteiger charge is 2.18. The van der Waals surface area contributed by atoms with Crippen molar-refractivity contribution in [2.24, 2.45) is 0 Å². The molecule has 130 valence electrons. The molecule has 1 atom stereocenters. The van der Waals surface area contributed by atoms with Crippen molar-refractivity contribution in [2.75, 3.05) is 0 Å². The molecule has 3 aromatic rings. The molecule has 0 spiro atoms. The molecule has 26 heavy (non-hydrogen) atoms. The molecule has 0 fully saturated rings. The molecule has 3 rings (SSSR count). The number of nitrogens with zero attached hydrogens (tertiary/aromatic N) is 2. The molecule has 0 bridgehead atoms. The van der Waals surface area contributed by atoms with E-state index in [9.17, 15) is 9.90 Å². The first kappa shape index (κ1) is 17.4. The normalized spacial score (nSPS) is 11.9. The van der Waals surface area contributed by atoms with Crippen LogP contribution in [0.3, 0.4) is 0 Å². The van der Waals surface area contributed by atoms with Gasteiger partial charge in [0, 0.05) is 5.56 Å². The van der Waals surface area contributed by atoms with Crippen molar-refractivity contribution in [3.05, 3.63) is 65.5 Å². The van der Waals surface area contributed by atoms with Gasteiger partial charge in [0.05, 0.1) is 10.9 Å². The standard InChI is InChI=1S/C21H18N2O3/c1-4-18(15-11-9-14(10-12-15)13(2)3)26-20-16-7-5-6-8-17(16)22-19(23-20)21(24)25/h1,5-13,18H,2-3H3,(H,24,25). The number of benzene rings is 2. The molecule has 0 saturated heterocycles. The van der Waals surface area contributed by atoms with Gasteiger partial charge in [0.25, 0.3) is 0 Å². The van der Waals surface area contributed by atoms with Crippen LogP contribution in [0.25, 0.3) is 10.9 Å². The fourth-order valence-electron chi connectivity index (χ4n) is 2.60. The van der Waals surface area contributed by atoms with E-state index in [-0.39, 0.29) is 11.7 Å². The van der Waals surface area contributed by atoms with Gasteiger partial charge in [-0.2, -0.15) is 4.98 Å². The van der Waals surface area contributed by atoms with Gasteiger partial charge in [-0.25, -0.2) is 9.78 Å². The summed E-state index contributed by atoms with van der Waals surface area (Å²) < 4.78 is 5.90. The zero-order valence-electron chi connectivity index (χ0n) is 14.5. The lowest BCUT2D eigenvalue weighted by Gasteiger charge is -2.16. The largest absolute Gasteiger partial charge is 0.475 e. The smallest absolute Gasteiger partial charge is 0.374 e. The Bertz CT molecular complexity index is 988. The zero-order valence-corrected chi connectivity index (χ0v) is 14.5. The molecule has 1 aromatic heterocycles. The third-order valence-corrected chi connectivity index (χ3v) is 4.05. The van der Waals surface area contributed by atoms with Gasteiger partial charge in [0.15, 0.2) is 6.10 Å². The quantitative estimate of drug-likeness (QED) is 0.701. The van der Waals surface area contributed by atoms with Crippen LogP contribution >= 0.6 is 0 Å². The van der Waals surface area contributed by atoms with Crippen molar-refractivity contribution in [1.29, 1.82) is 0 Å². The average molecular weight is 346 g/mol. The minimum absolute atomic E-state index is 0.156. The molecule has 5 heteroatoms. The number of rotatable bonds is 5. The number of ether oxygens (including phenoxy) is 1. The zero-order chi connectivity index (χ0) is 18.7. The third-order valence-electron chi connectivity index (χ3n) is 4.05. The van der Waals surface area contributed by atoms with E-state index in [4.69, 9.17) is 11.2 Å². The number of carbonyl (C=O) groups is 1. The molecule has 0 aliphatic carbocycles. The van der Waals surface area contributed by atoms with Crippen molar-refractivity contribution in [3.8, 4) is 18.2 Å². The maximum atomic E-state index is 11.3. The Labute approximate surface area is 151 Å². The number of carboxylic acids is 1. The number of aromatic carboxylic acids is 1. The Morgan fingerprint density at radius 1 is 1.08 bits per heavy atom. The van der Waals surface area contributed by atoms with Gasteiger partial charge >= 0.3 is 5.97 Å². The number of terminal acetylenes is 1. The SMILES string of the molecule is C#CC(Oc1nc(C(=O)O)nc2ccccc12)c1ccc(C(C)C)cc1. The topological polar surface area (TPSA) is 72.3 Å². The van der Waals surface area contributed by atoms with Crippen LogP contribution in [0.4, 0.5) is 0 Å². The Balaban J connectivity index is 2.00. The summed E-state index contributed by atoms with van der Waals surface area (Å²) in [4.78, 5) is 19.4. The van der Waals surface area contributed by atoms with Gasteiger partial charge in [-0.05, 0) is 23.6 Å². The predicted molar refractivity (Wildman–Crippen MR) is 99.2 cm³/mol. The second kappa shape index (κ2) is 7.24. The molecular weight excluding hydrogens is 328 g/mol. The number of fused-ring (bicyclic) bond motifs is 1. The molecular formula is C21H18N2O3. The van der Waals surface area contributed by atoms with Crippen molar-refractivity contribution >= 4 is 16.9 Å². The number of para-hydroxylation sites is 1. The van der Waals surface area contributed by atoms with Crippen molar-refractivity contribution < 1.29 is 14.6 Å². The Kier molecular flexibility index (Phi) is 4.85. The van der Waals surface area contributed by atoms with Gasteiger partial charge < -0.3 is 9.84 Å². The monoisotopic (exact) mass is 346 g/mol. The molecule has 1 heterocycles. The van der Waals surface area contributed by atoms with Gasteiger partial charge in [-0.1, -0.05) is 56.2 Å². The Hall–Kier alpha value is -3.39. The van der Waals surface area contributed by atoms with E-state index in [1.807, 2.05) is 24.3 Å². The van der Waals surface area contributed by atoms with E-state index in [1.165, 1.54) is 5.56 Å². The second-order valence-corrected chi connectivity index (χ2v) is 6.16. The fourth-order valence-corrected chi connectivity index (χ4v) is 2.60. The lowest BCUT2D eigenvalue weighted by atomic mass is 10.00. The number of hydrogen-bond acceptors (Lipinski definition) is 4. The minimum Gasteiger partial charge on any atom is -0.475 e. The maximum Gasteiger partial charge on any atom is 0.374 e. The van der Waals surface area contributed by atoms with Crippen LogP contribution in [0, 0.1) is 12.3 Å². The van der Waals surface area contributed by atoms with Crippen LogP contribution in [-0.4, -0.2) is 21.0 Å². The summed E-state index contributed by atoms with van der Waals surface area (Å²) in [6, 6.07) is 14.9. The van der Waals surface area contributed by atoms with Crippen LogP contribution < -0.4 is 4.74 Å². The first-order chi connectivity index (χ1) is 12.5. The van der Waals surface area contributed by atoms with Gasteiger partial charge in [-0.3, -0.25) is 0 Å². The van der Waals surface area contributed by atoms with Crippen molar-refractivity contribution in [3.63, 3.8) is 0 Å². The summed E-state index contributed by atoms with van der Waals surface area (Å²) in [7, 11) is 0. The number of carboxylic acid groups (broad SMARTS) is 1. The summed E-state index contributed by atoms with van der Waals surface area (Å²) in [5, 5.41) is 9.85. The van der Waals surface area contributed by atoms with E-state index in [0.29, 0.717) is 16.8 Å². The van der Waals surface area contributed by atoms with E-state index >= 15 is 0 Å². The van der Waals surface area contributed by atoms with Crippen LogP contribution in [0.1, 0.15) is 47.6 Å². The van der Waals surface area contributed by atoms with Crippen LogP contribution in [0.2, 0.25) is 0 Å². The Morgan fingerprint density at radius 2 is 1.73 bits per heavy atom. The second-order valence-electron chi connectivity index (χ2n) is 6.16. The highest BCUT2D eigenvalue weighted by molar-refractivity contribution is 5.90. The van der Waals surface area contributed by atoms with E-state index in [0.717, 1.165) is 5.56 Å². The summed E-state index contributed by atoms with van der Waals surface area (Å²) >= 11 is 0. The van der Waals surface area contributed by atoms with E-state index < -0.39 is 12.1 Å². The third kappa shape index (κ3) is 3.50. The predicted octanol–water partition coefficient (Wildman–Crippen LogP) is 4.20. The maximum absolute atomic E-state index is 11.3. The lowest BCUT2D eigenvalue weighted by molar-refractivity contribution is 0.0682. The highest BCUT2D eigenvalue weighted by atomic mass is 16.5. The molecule has 2 aromatic carbocycles. The molecule has 1 N–H and O–H groups in total. The summed E-state index contributed by atoms with van der Waals surface area (Å²) in [5.74, 6) is 1.62. The number of aromatic nitrogens is 2. The Morgan fingerprint density at radius 3 is 2.35 bits per heavy atom. The molecule has 0 saturated carbocycles. The molecule has 5 nitrogen and oxygen atoms in total. The van der Waals surface area contributed by atoms with Crippen LogP contribution in [0.15, 0.2) is 48.5 Å². The first-order valence-corrected chi connectivity index (χ1v) is 8.22. The van der Waals surface area contributed by atoms with E-state index in [1.54, 1.807) is 24.3 Å². The van der Waals surface area contributed by atoms with Crippen LogP contribution in [0.5, 0.6) is 5.88 Å². The molecule has 1 unspecified atom stereocenters. The summed E-state index contributed by atoms with van der Waals surface area (Å²) in [5.41, 5.74) is 2.49. The van der Waals surface area contributed by atoms with Crippen LogP contribution in [-0.2, 0) is 0 Å². The van der Waals surface area contributed by atoms with E-state index in [2.05, 4.69) is 29.7 Å². The fraction of sp³-hybridized carbons (Fsp3) is 0.190. The highest BCUT2D eigenvalue weighted by Crippen LogP contribution is 2.28. The minimum atomic E-state index is -1.22. The number of hydrogen-bond donors (Lipinski definition) is 1. The van der Waals surface area contributed by atoms with Crippen molar-refractivity contribution in [1.82, 2.24) is 9.97 Å². The molecule has 0 aliphatic heterocycles. The van der Waals surface area contributed by atoms with Gasteiger partial charge in [0.2, 0.25) is 11.7 Å². The van der Waals surface area contributed by atoms with Crippen molar-refractivity contribution in [2.45, 2.75) is 25.9 Å². The lowest BCUT2D eigenvalue weighted by Crippen LogP contribution is -2.11. The molecule has 0 amide bonds. The molecule has 0 aliphatic rings. The first-order valence-electron chi connectivity index (χ1n) is 8.22. The van der Waals surface area contributed by atoms with Gasteiger partial charge in [-0.15, -0.1) is 6.42 Å².